The number of benzene rings is 2. The van der Waals surface area contributed by atoms with Gasteiger partial charge in [-0.15, -0.1) is 0 Å². The average molecular weight is 246 g/mol. The Hall–Kier alpha value is -1.95. The first-order valence-electron chi connectivity index (χ1n) is 5.54. The quantitative estimate of drug-likeness (QED) is 0.599. The van der Waals surface area contributed by atoms with E-state index in [2.05, 4.69) is 4.98 Å². The molecule has 19 heavy (non-hydrogen) atoms. The van der Waals surface area contributed by atoms with Gasteiger partial charge >= 0.3 is 0 Å². The van der Waals surface area contributed by atoms with E-state index in [0.29, 0.717) is 11.3 Å². The minimum absolute atomic E-state index is 0. The molecule has 1 aromatic heterocycles. The molecule has 1 radical (unpaired) electrons. The summed E-state index contributed by atoms with van der Waals surface area (Å²) < 4.78 is 0. The number of pyridine rings is 1. The van der Waals surface area contributed by atoms with E-state index < -0.39 is 0 Å². The molecule has 3 aromatic rings. The number of para-hydroxylation sites is 2. The van der Waals surface area contributed by atoms with Crippen LogP contribution in [0.1, 0.15) is 0 Å². The Balaban J connectivity index is 0.000000198. The second kappa shape index (κ2) is 7.48. The van der Waals surface area contributed by atoms with Crippen LogP contribution in [0.3, 0.4) is 0 Å². The Morgan fingerprint density at radius 2 is 1.42 bits per heavy atom. The van der Waals surface area contributed by atoms with E-state index in [4.69, 9.17) is 5.11 Å². The number of hydrogen-bond donors (Lipinski definition) is 2. The summed E-state index contributed by atoms with van der Waals surface area (Å²) in [7, 11) is 0. The van der Waals surface area contributed by atoms with Gasteiger partial charge in [-0.1, -0.05) is 36.4 Å². The third kappa shape index (κ3) is 4.33. The fraction of sp³-hybridized carbons (Fsp3) is 0. The summed E-state index contributed by atoms with van der Waals surface area (Å²) in [6, 6.07) is 17.8. The van der Waals surface area contributed by atoms with Gasteiger partial charge in [0.15, 0.2) is 0 Å². The summed E-state index contributed by atoms with van der Waals surface area (Å²) in [5.41, 5.74) is 0.662. The van der Waals surface area contributed by atoms with Crippen LogP contribution in [0.2, 0.25) is 0 Å². The molecule has 0 fully saturated rings. The number of hydrogen-bond acceptors (Lipinski definition) is 3. The molecule has 3 nitrogen and oxygen atoms in total. The van der Waals surface area contributed by atoms with Crippen LogP contribution in [0.15, 0.2) is 66.9 Å². The molecule has 4 heteroatoms. The van der Waals surface area contributed by atoms with Gasteiger partial charge in [0.1, 0.15) is 17.0 Å². The van der Waals surface area contributed by atoms with Crippen molar-refractivity contribution >= 4 is 29.8 Å². The summed E-state index contributed by atoms with van der Waals surface area (Å²) in [5, 5.41) is 18.9. The third-order valence-electron chi connectivity index (χ3n) is 2.37. The molecule has 2 N–H and O–H groups in total. The predicted octanol–water partition coefficient (Wildman–Crippen LogP) is 2.95. The van der Waals surface area contributed by atoms with Crippen LogP contribution < -0.4 is 0 Å². The van der Waals surface area contributed by atoms with Crippen molar-refractivity contribution in [2.24, 2.45) is 0 Å². The van der Waals surface area contributed by atoms with Gasteiger partial charge < -0.3 is 10.2 Å². The molecule has 0 saturated carbocycles. The molecule has 0 atom stereocenters. The molecule has 0 amide bonds. The van der Waals surface area contributed by atoms with Gasteiger partial charge in [-0.3, -0.25) is 4.98 Å². The van der Waals surface area contributed by atoms with E-state index in [9.17, 15) is 5.11 Å². The molecule has 2 aromatic carbocycles. The molecule has 1 heterocycles. The molecule has 0 aliphatic rings. The van der Waals surface area contributed by atoms with Gasteiger partial charge in [-0.2, -0.15) is 0 Å². The molecule has 0 bridgehead atoms. The van der Waals surface area contributed by atoms with E-state index in [0.717, 1.165) is 5.39 Å². The predicted molar refractivity (Wildman–Crippen MR) is 77.3 cm³/mol. The van der Waals surface area contributed by atoms with Crippen molar-refractivity contribution in [2.75, 3.05) is 0 Å². The molecule has 0 spiro atoms. The third-order valence-corrected chi connectivity index (χ3v) is 2.37. The maximum Gasteiger partial charge on any atom is 0.141 e. The first kappa shape index (κ1) is 15.1. The van der Waals surface area contributed by atoms with Crippen molar-refractivity contribution in [1.82, 2.24) is 4.98 Å². The van der Waals surface area contributed by atoms with Crippen LogP contribution in [0.25, 0.3) is 10.9 Å². The van der Waals surface area contributed by atoms with Crippen LogP contribution in [-0.4, -0.2) is 34.1 Å². The zero-order valence-corrected chi connectivity index (χ0v) is 10.7. The van der Waals surface area contributed by atoms with Crippen LogP contribution in [0.4, 0.5) is 0 Å². The number of phenols is 2. The molecular formula is C15H13LiNO2. The van der Waals surface area contributed by atoms with E-state index >= 15 is 0 Å². The van der Waals surface area contributed by atoms with Gasteiger partial charge in [0.25, 0.3) is 0 Å². The summed E-state index contributed by atoms with van der Waals surface area (Å²) in [6.07, 6.45) is 1.67. The summed E-state index contributed by atoms with van der Waals surface area (Å²) >= 11 is 0. The fourth-order valence-electron chi connectivity index (χ4n) is 1.52. The Bertz CT molecular complexity index is 624. The van der Waals surface area contributed by atoms with Crippen LogP contribution >= 0.6 is 0 Å². The van der Waals surface area contributed by atoms with Gasteiger partial charge in [-0.05, 0) is 24.3 Å². The minimum atomic E-state index is 0. The molecule has 0 aliphatic carbocycles. The van der Waals surface area contributed by atoms with Gasteiger partial charge in [-0.25, -0.2) is 0 Å². The molecule has 91 valence electrons. The summed E-state index contributed by atoms with van der Waals surface area (Å²) in [5.74, 6) is 0.561. The van der Waals surface area contributed by atoms with Crippen molar-refractivity contribution in [1.29, 1.82) is 0 Å². The van der Waals surface area contributed by atoms with Crippen LogP contribution in [0.5, 0.6) is 11.5 Å². The standard InChI is InChI=1S/C9H7NO.C6H6O.Li/c11-8-5-1-3-7-4-2-6-10-9(7)8;7-6-4-2-1-3-5-6;/h1-6,11H;1-5,7H;. The normalized spacial score (nSPS) is 9.05. The topological polar surface area (TPSA) is 53.4 Å². The van der Waals surface area contributed by atoms with E-state index in [1.807, 2.05) is 24.3 Å². The zero-order valence-electron chi connectivity index (χ0n) is 10.7. The zero-order chi connectivity index (χ0) is 12.8. The maximum absolute atomic E-state index is 9.31. The van der Waals surface area contributed by atoms with Crippen molar-refractivity contribution in [3.63, 3.8) is 0 Å². The van der Waals surface area contributed by atoms with Crippen molar-refractivity contribution < 1.29 is 10.2 Å². The SMILES string of the molecule is Oc1cccc2cccnc12.Oc1ccccc1.[Li]. The smallest absolute Gasteiger partial charge is 0.141 e. The molecule has 3 rings (SSSR count). The van der Waals surface area contributed by atoms with Crippen LogP contribution in [-0.2, 0) is 0 Å². The fourth-order valence-corrected chi connectivity index (χ4v) is 1.52. The molecule has 0 saturated heterocycles. The minimum Gasteiger partial charge on any atom is -0.508 e. The number of nitrogens with zero attached hydrogens (tertiary/aromatic N) is 1. The Kier molecular flexibility index (Phi) is 5.94. The summed E-state index contributed by atoms with van der Waals surface area (Å²) in [4.78, 5) is 4.03. The second-order valence-corrected chi connectivity index (χ2v) is 3.69. The Morgan fingerprint density at radius 1 is 0.737 bits per heavy atom. The number of aromatic nitrogens is 1. The average Bonchev–Trinajstić information content (AvgIpc) is 2.41. The molecule has 0 unspecified atom stereocenters. The number of phenolic OH excluding ortho intramolecular Hbond substituents is 2. The van der Waals surface area contributed by atoms with Crippen molar-refractivity contribution in [2.45, 2.75) is 0 Å². The molecule has 0 aliphatic heterocycles. The van der Waals surface area contributed by atoms with Gasteiger partial charge in [0, 0.05) is 30.4 Å². The van der Waals surface area contributed by atoms with Gasteiger partial charge in [0.2, 0.25) is 0 Å². The Labute approximate surface area is 123 Å². The number of fused-ring (bicyclic) bond motifs is 1. The summed E-state index contributed by atoms with van der Waals surface area (Å²) in [6.45, 7) is 0. The van der Waals surface area contributed by atoms with Gasteiger partial charge in [0.05, 0.1) is 0 Å². The van der Waals surface area contributed by atoms with Crippen molar-refractivity contribution in [3.05, 3.63) is 66.9 Å². The maximum atomic E-state index is 9.31. The molecular weight excluding hydrogens is 233 g/mol. The number of rotatable bonds is 0. The van der Waals surface area contributed by atoms with E-state index in [1.165, 1.54) is 0 Å². The van der Waals surface area contributed by atoms with E-state index in [-0.39, 0.29) is 24.6 Å². The first-order valence-corrected chi connectivity index (χ1v) is 5.54. The van der Waals surface area contributed by atoms with Crippen molar-refractivity contribution in [3.8, 4) is 11.5 Å². The number of aromatic hydroxyl groups is 2. The monoisotopic (exact) mass is 246 g/mol. The first-order chi connectivity index (χ1) is 8.77. The Morgan fingerprint density at radius 3 is 2.00 bits per heavy atom. The van der Waals surface area contributed by atoms with Crippen LogP contribution in [0, 0.1) is 0 Å². The largest absolute Gasteiger partial charge is 0.508 e. The second-order valence-electron chi connectivity index (χ2n) is 3.69. The van der Waals surface area contributed by atoms with E-state index in [1.54, 1.807) is 42.6 Å².